The van der Waals surface area contributed by atoms with Crippen LogP contribution in [0.5, 0.6) is 0 Å². The van der Waals surface area contributed by atoms with Gasteiger partial charge in [0.2, 0.25) is 8.32 Å². The lowest BCUT2D eigenvalue weighted by Crippen LogP contribution is -2.53. The predicted molar refractivity (Wildman–Crippen MR) is 100 cm³/mol. The summed E-state index contributed by atoms with van der Waals surface area (Å²) in [5, 5.41) is 1.25. The number of hydrogen-bond acceptors (Lipinski definition) is 5. The van der Waals surface area contributed by atoms with Gasteiger partial charge in [0.25, 0.3) is 0 Å². The predicted octanol–water partition coefficient (Wildman–Crippen LogP) is 3.73. The van der Waals surface area contributed by atoms with Gasteiger partial charge >= 0.3 is 20.5 Å². The number of rotatable bonds is 5. The van der Waals surface area contributed by atoms with Gasteiger partial charge in [0, 0.05) is 0 Å². The van der Waals surface area contributed by atoms with Crippen LogP contribution >= 0.6 is 0 Å². The largest absolute Gasteiger partial charge is 0.437 e. The molecule has 0 aromatic rings. The Labute approximate surface area is 148 Å². The van der Waals surface area contributed by atoms with E-state index in [0.717, 1.165) is 0 Å². The summed E-state index contributed by atoms with van der Waals surface area (Å²) < 4.78 is 17.8. The van der Waals surface area contributed by atoms with Gasteiger partial charge in [-0.15, -0.1) is 0 Å². The fourth-order valence-electron chi connectivity index (χ4n) is 4.07. The van der Waals surface area contributed by atoms with Crippen molar-refractivity contribution in [1.82, 2.24) is 0 Å². The maximum atomic E-state index is 12.0. The smallest absolute Gasteiger partial charge is 0.317 e. The summed E-state index contributed by atoms with van der Waals surface area (Å²) in [6.07, 6.45) is 1.21. The molecule has 0 aromatic heterocycles. The van der Waals surface area contributed by atoms with Crippen molar-refractivity contribution in [2.45, 2.75) is 65.6 Å². The monoisotopic (exact) mass is 386 g/mol. The highest BCUT2D eigenvalue weighted by atomic mass is 28.5. The van der Waals surface area contributed by atoms with E-state index in [1.54, 1.807) is 0 Å². The maximum absolute atomic E-state index is 12.0. The Kier molecular flexibility index (Phi) is 5.20. The Balaban J connectivity index is 2.22. The van der Waals surface area contributed by atoms with Crippen LogP contribution in [-0.4, -0.2) is 37.1 Å². The second-order valence-corrected chi connectivity index (χ2v) is 21.1. The Morgan fingerprint density at radius 1 is 0.875 bits per heavy atom. The zero-order valence-electron chi connectivity index (χ0n) is 16.1. The summed E-state index contributed by atoms with van der Waals surface area (Å²) in [5.74, 6) is -1.35. The Morgan fingerprint density at radius 3 is 1.88 bits per heavy atom. The first-order valence-corrected chi connectivity index (χ1v) is 17.7. The molecule has 5 nitrogen and oxygen atoms in total. The van der Waals surface area contributed by atoms with Crippen LogP contribution in [0.2, 0.25) is 45.8 Å². The van der Waals surface area contributed by atoms with Gasteiger partial charge in [-0.25, -0.2) is 0 Å². The fourth-order valence-corrected chi connectivity index (χ4v) is 17.8. The van der Waals surface area contributed by atoms with E-state index < -0.39 is 25.2 Å². The summed E-state index contributed by atoms with van der Waals surface area (Å²) in [6, 6.07) is 0. The third-order valence-electron chi connectivity index (χ3n) is 4.54. The van der Waals surface area contributed by atoms with Crippen molar-refractivity contribution < 1.29 is 22.6 Å². The molecule has 0 amide bonds. The minimum Gasteiger partial charge on any atom is -0.437 e. The highest BCUT2D eigenvalue weighted by molar-refractivity contribution is 6.90. The van der Waals surface area contributed by atoms with Crippen LogP contribution in [0.4, 0.5) is 0 Å². The van der Waals surface area contributed by atoms with Crippen LogP contribution in [0.1, 0.15) is 19.8 Å². The van der Waals surface area contributed by atoms with Gasteiger partial charge in [0.15, 0.2) is 8.32 Å². The fraction of sp³-hybridized carbons (Fsp3) is 0.750. The number of esters is 2. The molecule has 2 rings (SSSR count). The number of ether oxygens (including phenoxy) is 1. The molecule has 1 aliphatic heterocycles. The standard InChI is InChI=1S/C16H30O5Si3/c1-11-9-12-13(16(18)19-15(12)17)10-14(11)23(5,6)21-24(7,8)20-22(2,3)4/h12-13H,9-10H2,1-8H3. The number of cyclic esters (lactones) is 2. The first-order valence-electron chi connectivity index (χ1n) is 8.57. The minimum absolute atomic E-state index is 0.297. The SMILES string of the molecule is CC1=C([Si](C)(C)O[Si](C)(C)O[Si](C)(C)C)CC2C(=O)OC(=O)C2C1. The van der Waals surface area contributed by atoms with E-state index in [9.17, 15) is 9.59 Å². The lowest BCUT2D eigenvalue weighted by atomic mass is 9.81. The van der Waals surface area contributed by atoms with E-state index in [0.29, 0.717) is 12.8 Å². The highest BCUT2D eigenvalue weighted by Crippen LogP contribution is 2.43. The van der Waals surface area contributed by atoms with Crippen molar-refractivity contribution in [1.29, 1.82) is 0 Å². The molecule has 1 heterocycles. The van der Waals surface area contributed by atoms with Gasteiger partial charge in [-0.1, -0.05) is 10.8 Å². The van der Waals surface area contributed by atoms with E-state index in [1.165, 1.54) is 10.8 Å². The number of carbonyl (C=O) groups excluding carboxylic acids is 2. The Bertz CT molecular complexity index is 589. The van der Waals surface area contributed by atoms with Gasteiger partial charge in [-0.05, 0) is 65.6 Å². The van der Waals surface area contributed by atoms with Gasteiger partial charge in [-0.3, -0.25) is 9.59 Å². The molecule has 2 aliphatic rings. The van der Waals surface area contributed by atoms with Gasteiger partial charge in [0.1, 0.15) is 0 Å². The highest BCUT2D eigenvalue weighted by Gasteiger charge is 2.50. The number of hydrogen-bond donors (Lipinski definition) is 0. The zero-order chi connectivity index (χ0) is 18.5. The molecule has 136 valence electrons. The Hall–Kier alpha value is -0.549. The molecule has 0 bridgehead atoms. The molecule has 0 saturated carbocycles. The van der Waals surface area contributed by atoms with Crippen LogP contribution in [-0.2, 0) is 22.6 Å². The van der Waals surface area contributed by atoms with Crippen LogP contribution < -0.4 is 0 Å². The van der Waals surface area contributed by atoms with Crippen LogP contribution in [0.3, 0.4) is 0 Å². The van der Waals surface area contributed by atoms with Crippen molar-refractivity contribution in [2.24, 2.45) is 11.8 Å². The number of carbonyl (C=O) groups is 2. The quantitative estimate of drug-likeness (QED) is 0.409. The lowest BCUT2D eigenvalue weighted by molar-refractivity contribution is -0.153. The van der Waals surface area contributed by atoms with Gasteiger partial charge < -0.3 is 13.0 Å². The molecule has 1 fully saturated rings. The molecule has 0 aromatic carbocycles. The van der Waals surface area contributed by atoms with Crippen molar-refractivity contribution >= 4 is 37.1 Å². The summed E-state index contributed by atoms with van der Waals surface area (Å²) in [6.45, 7) is 17.2. The molecule has 24 heavy (non-hydrogen) atoms. The van der Waals surface area contributed by atoms with Crippen LogP contribution in [0.15, 0.2) is 10.8 Å². The third kappa shape index (κ3) is 4.34. The van der Waals surface area contributed by atoms with Crippen molar-refractivity contribution in [3.8, 4) is 0 Å². The molecule has 2 atom stereocenters. The molecule has 0 spiro atoms. The molecule has 1 aliphatic carbocycles. The van der Waals surface area contributed by atoms with Crippen LogP contribution in [0, 0.1) is 11.8 Å². The third-order valence-corrected chi connectivity index (χ3v) is 15.0. The van der Waals surface area contributed by atoms with E-state index in [2.05, 4.69) is 52.8 Å². The molecule has 0 N–H and O–H groups in total. The van der Waals surface area contributed by atoms with Gasteiger partial charge in [-0.2, -0.15) is 0 Å². The van der Waals surface area contributed by atoms with E-state index in [4.69, 9.17) is 13.0 Å². The molecular weight excluding hydrogens is 356 g/mol. The summed E-state index contributed by atoms with van der Waals surface area (Å²) in [5.41, 5.74) is 1.19. The molecule has 8 heteroatoms. The van der Waals surface area contributed by atoms with E-state index >= 15 is 0 Å². The number of fused-ring (bicyclic) bond motifs is 1. The number of allylic oxidation sites excluding steroid dienone is 2. The van der Waals surface area contributed by atoms with Crippen molar-refractivity contribution in [2.75, 3.05) is 0 Å². The van der Waals surface area contributed by atoms with E-state index in [1.807, 2.05) is 0 Å². The second-order valence-electron chi connectivity index (χ2n) is 8.85. The first-order chi connectivity index (χ1) is 10.7. The second kappa shape index (κ2) is 6.31. The summed E-state index contributed by atoms with van der Waals surface area (Å²) in [7, 11) is -6.11. The molecular formula is C16H30O5Si3. The van der Waals surface area contributed by atoms with E-state index in [-0.39, 0.29) is 23.8 Å². The lowest BCUT2D eigenvalue weighted by Gasteiger charge is -2.40. The average molecular weight is 387 g/mol. The molecule has 0 radical (unpaired) electrons. The normalized spacial score (nSPS) is 25.8. The zero-order valence-corrected chi connectivity index (χ0v) is 19.1. The Morgan fingerprint density at radius 2 is 1.38 bits per heavy atom. The van der Waals surface area contributed by atoms with Crippen molar-refractivity contribution in [3.05, 3.63) is 10.8 Å². The minimum atomic E-state index is -2.25. The molecule has 2 unspecified atom stereocenters. The van der Waals surface area contributed by atoms with Gasteiger partial charge in [0.05, 0.1) is 11.8 Å². The first kappa shape index (κ1) is 19.8. The summed E-state index contributed by atoms with van der Waals surface area (Å²) >= 11 is 0. The van der Waals surface area contributed by atoms with Crippen LogP contribution in [0.25, 0.3) is 0 Å². The van der Waals surface area contributed by atoms with Crippen molar-refractivity contribution in [3.63, 3.8) is 0 Å². The average Bonchev–Trinajstić information content (AvgIpc) is 2.58. The summed E-state index contributed by atoms with van der Waals surface area (Å²) in [4.78, 5) is 23.8. The molecule has 1 saturated heterocycles. The topological polar surface area (TPSA) is 61.8 Å². The maximum Gasteiger partial charge on any atom is 0.317 e.